The molecule has 26 heavy (non-hydrogen) atoms. The van der Waals surface area contributed by atoms with Gasteiger partial charge in [0.1, 0.15) is 5.75 Å². The van der Waals surface area contributed by atoms with Gasteiger partial charge < -0.3 is 24.4 Å². The SMILES string of the molecule is CN=C(NCc1cc(C)cc(OC)c1)N1CCC(OCCCOC)CC1. The van der Waals surface area contributed by atoms with Crippen molar-refractivity contribution in [3.63, 3.8) is 0 Å². The number of rotatable bonds is 8. The predicted octanol–water partition coefficient (Wildman–Crippen LogP) is 2.60. The van der Waals surface area contributed by atoms with Gasteiger partial charge in [0, 0.05) is 47.0 Å². The van der Waals surface area contributed by atoms with E-state index in [1.165, 1.54) is 11.1 Å². The maximum Gasteiger partial charge on any atom is 0.193 e. The number of methoxy groups -OCH3 is 2. The summed E-state index contributed by atoms with van der Waals surface area (Å²) in [6, 6.07) is 6.27. The number of aliphatic imine (C=N–C) groups is 1. The summed E-state index contributed by atoms with van der Waals surface area (Å²) in [5, 5.41) is 3.47. The third kappa shape index (κ3) is 6.50. The normalized spacial score (nSPS) is 16.0. The smallest absolute Gasteiger partial charge is 0.193 e. The standard InChI is InChI=1S/C20H33N3O3/c1-16-12-17(14-19(13-16)25-4)15-22-20(21-2)23-8-6-18(7-9-23)26-11-5-10-24-3/h12-14,18H,5-11,15H2,1-4H3,(H,21,22). The Labute approximate surface area is 157 Å². The zero-order valence-electron chi connectivity index (χ0n) is 16.6. The van der Waals surface area contributed by atoms with Crippen LogP contribution in [0.3, 0.4) is 0 Å². The Bertz CT molecular complexity index is 569. The molecule has 1 heterocycles. The van der Waals surface area contributed by atoms with Gasteiger partial charge in [0.2, 0.25) is 0 Å². The Morgan fingerprint density at radius 3 is 2.62 bits per heavy atom. The van der Waals surface area contributed by atoms with Crippen LogP contribution >= 0.6 is 0 Å². The molecule has 1 N–H and O–H groups in total. The van der Waals surface area contributed by atoms with Crippen LogP contribution in [0, 0.1) is 6.92 Å². The summed E-state index contributed by atoms with van der Waals surface area (Å²) in [5.41, 5.74) is 2.39. The summed E-state index contributed by atoms with van der Waals surface area (Å²) in [6.45, 7) is 6.29. The van der Waals surface area contributed by atoms with Crippen molar-refractivity contribution in [1.82, 2.24) is 10.2 Å². The molecule has 0 spiro atoms. The molecule has 6 nitrogen and oxygen atoms in total. The minimum absolute atomic E-state index is 0.349. The average Bonchev–Trinajstić information content (AvgIpc) is 2.66. The molecule has 2 rings (SSSR count). The lowest BCUT2D eigenvalue weighted by Gasteiger charge is -2.34. The van der Waals surface area contributed by atoms with Crippen LogP contribution < -0.4 is 10.1 Å². The van der Waals surface area contributed by atoms with Gasteiger partial charge in [-0.05, 0) is 49.4 Å². The first-order chi connectivity index (χ1) is 12.7. The molecule has 0 bridgehead atoms. The summed E-state index contributed by atoms with van der Waals surface area (Å²) in [6.07, 6.45) is 3.37. The van der Waals surface area contributed by atoms with Crippen LogP contribution in [0.5, 0.6) is 5.75 Å². The van der Waals surface area contributed by atoms with Gasteiger partial charge in [-0.1, -0.05) is 6.07 Å². The van der Waals surface area contributed by atoms with Crippen molar-refractivity contribution >= 4 is 5.96 Å². The van der Waals surface area contributed by atoms with Crippen molar-refractivity contribution in [2.75, 3.05) is 47.6 Å². The molecular weight excluding hydrogens is 330 g/mol. The molecular formula is C20H33N3O3. The van der Waals surface area contributed by atoms with Gasteiger partial charge in [-0.3, -0.25) is 4.99 Å². The number of piperidine rings is 1. The molecule has 1 aromatic rings. The second-order valence-corrected chi connectivity index (χ2v) is 6.66. The van der Waals surface area contributed by atoms with E-state index >= 15 is 0 Å². The average molecular weight is 364 g/mol. The van der Waals surface area contributed by atoms with Crippen LogP contribution in [0.2, 0.25) is 0 Å². The van der Waals surface area contributed by atoms with Gasteiger partial charge in [-0.2, -0.15) is 0 Å². The van der Waals surface area contributed by atoms with E-state index in [9.17, 15) is 0 Å². The van der Waals surface area contributed by atoms with Crippen LogP contribution in [0.4, 0.5) is 0 Å². The Morgan fingerprint density at radius 2 is 1.96 bits per heavy atom. The van der Waals surface area contributed by atoms with Crippen LogP contribution in [-0.4, -0.2) is 64.5 Å². The third-order valence-electron chi connectivity index (χ3n) is 4.60. The Hall–Kier alpha value is -1.79. The van der Waals surface area contributed by atoms with Crippen molar-refractivity contribution in [2.24, 2.45) is 4.99 Å². The number of nitrogens with zero attached hydrogens (tertiary/aromatic N) is 2. The molecule has 0 aromatic heterocycles. The monoisotopic (exact) mass is 363 g/mol. The van der Waals surface area contributed by atoms with Crippen molar-refractivity contribution in [2.45, 2.75) is 38.8 Å². The lowest BCUT2D eigenvalue weighted by molar-refractivity contribution is 0.00989. The highest BCUT2D eigenvalue weighted by molar-refractivity contribution is 5.80. The third-order valence-corrected chi connectivity index (χ3v) is 4.60. The zero-order chi connectivity index (χ0) is 18.8. The highest BCUT2D eigenvalue weighted by Crippen LogP contribution is 2.17. The Morgan fingerprint density at radius 1 is 1.19 bits per heavy atom. The summed E-state index contributed by atoms with van der Waals surface area (Å²) < 4.78 is 16.3. The van der Waals surface area contributed by atoms with Crippen LogP contribution in [0.15, 0.2) is 23.2 Å². The minimum Gasteiger partial charge on any atom is -0.497 e. The largest absolute Gasteiger partial charge is 0.497 e. The van der Waals surface area contributed by atoms with E-state index in [1.54, 1.807) is 14.2 Å². The lowest BCUT2D eigenvalue weighted by Crippen LogP contribution is -2.46. The summed E-state index contributed by atoms with van der Waals surface area (Å²) >= 11 is 0. The molecule has 1 fully saturated rings. The Kier molecular flexibility index (Phi) is 8.71. The maximum atomic E-state index is 5.93. The van der Waals surface area contributed by atoms with Crippen LogP contribution in [-0.2, 0) is 16.0 Å². The second kappa shape index (κ2) is 11.0. The fourth-order valence-corrected chi connectivity index (χ4v) is 3.25. The molecule has 0 saturated carbocycles. The van der Waals surface area contributed by atoms with E-state index in [4.69, 9.17) is 14.2 Å². The number of guanidine groups is 1. The molecule has 0 amide bonds. The fraction of sp³-hybridized carbons (Fsp3) is 0.650. The number of aryl methyl sites for hydroxylation is 1. The molecule has 146 valence electrons. The van der Waals surface area contributed by atoms with E-state index < -0.39 is 0 Å². The van der Waals surface area contributed by atoms with Gasteiger partial charge in [0.25, 0.3) is 0 Å². The Balaban J connectivity index is 1.78. The van der Waals surface area contributed by atoms with Crippen LogP contribution in [0.25, 0.3) is 0 Å². The number of ether oxygens (including phenoxy) is 3. The van der Waals surface area contributed by atoms with Gasteiger partial charge in [0.15, 0.2) is 5.96 Å². The molecule has 0 aliphatic carbocycles. The molecule has 1 saturated heterocycles. The van der Waals surface area contributed by atoms with E-state index in [-0.39, 0.29) is 0 Å². The summed E-state index contributed by atoms with van der Waals surface area (Å²) in [4.78, 5) is 6.75. The fourth-order valence-electron chi connectivity index (χ4n) is 3.25. The summed E-state index contributed by atoms with van der Waals surface area (Å²) in [7, 11) is 5.27. The number of benzene rings is 1. The van der Waals surface area contributed by atoms with Gasteiger partial charge in [-0.25, -0.2) is 0 Å². The van der Waals surface area contributed by atoms with E-state index in [0.717, 1.165) is 63.8 Å². The highest BCUT2D eigenvalue weighted by atomic mass is 16.5. The first kappa shape index (κ1) is 20.5. The molecule has 6 heteroatoms. The van der Waals surface area contributed by atoms with E-state index in [2.05, 4.69) is 34.3 Å². The van der Waals surface area contributed by atoms with Crippen molar-refractivity contribution < 1.29 is 14.2 Å². The predicted molar refractivity (Wildman–Crippen MR) is 105 cm³/mol. The number of likely N-dealkylation sites (tertiary alicyclic amines) is 1. The second-order valence-electron chi connectivity index (χ2n) is 6.66. The number of hydrogen-bond donors (Lipinski definition) is 1. The number of nitrogens with one attached hydrogen (secondary N) is 1. The molecule has 1 aliphatic heterocycles. The zero-order valence-corrected chi connectivity index (χ0v) is 16.6. The molecule has 0 atom stereocenters. The molecule has 1 aromatic carbocycles. The van der Waals surface area contributed by atoms with E-state index in [0.29, 0.717) is 6.10 Å². The van der Waals surface area contributed by atoms with Gasteiger partial charge >= 0.3 is 0 Å². The van der Waals surface area contributed by atoms with E-state index in [1.807, 2.05) is 13.1 Å². The first-order valence-corrected chi connectivity index (χ1v) is 9.37. The number of hydrogen-bond acceptors (Lipinski definition) is 4. The van der Waals surface area contributed by atoms with Crippen LogP contribution in [0.1, 0.15) is 30.4 Å². The summed E-state index contributed by atoms with van der Waals surface area (Å²) in [5.74, 6) is 1.84. The first-order valence-electron chi connectivity index (χ1n) is 9.37. The van der Waals surface area contributed by atoms with Crippen molar-refractivity contribution in [3.8, 4) is 5.75 Å². The topological polar surface area (TPSA) is 55.3 Å². The van der Waals surface area contributed by atoms with Gasteiger partial charge in [-0.15, -0.1) is 0 Å². The lowest BCUT2D eigenvalue weighted by atomic mass is 10.1. The molecule has 1 aliphatic rings. The van der Waals surface area contributed by atoms with Crippen molar-refractivity contribution in [1.29, 1.82) is 0 Å². The maximum absolute atomic E-state index is 5.93. The quantitative estimate of drug-likeness (QED) is 0.437. The highest BCUT2D eigenvalue weighted by Gasteiger charge is 2.21. The van der Waals surface area contributed by atoms with Gasteiger partial charge in [0.05, 0.1) is 13.2 Å². The van der Waals surface area contributed by atoms with Crippen molar-refractivity contribution in [3.05, 3.63) is 29.3 Å². The molecule has 0 radical (unpaired) electrons. The molecule has 0 unspecified atom stereocenters. The minimum atomic E-state index is 0.349.